The molecule has 1 saturated heterocycles. The van der Waals surface area contributed by atoms with E-state index in [1.54, 1.807) is 31.3 Å². The van der Waals surface area contributed by atoms with Gasteiger partial charge in [0.1, 0.15) is 18.4 Å². The molecule has 0 bridgehead atoms. The molecule has 1 aliphatic heterocycles. The Kier molecular flexibility index (Phi) is 14.5. The molecule has 0 spiro atoms. The lowest BCUT2D eigenvalue weighted by molar-refractivity contribution is -0.111. The Morgan fingerprint density at radius 2 is 2.11 bits per heavy atom. The van der Waals surface area contributed by atoms with Gasteiger partial charge in [0, 0.05) is 20.2 Å². The minimum atomic E-state index is -0.553. The van der Waals surface area contributed by atoms with E-state index in [0.29, 0.717) is 36.6 Å². The fourth-order valence-corrected chi connectivity index (χ4v) is 2.76. The van der Waals surface area contributed by atoms with Gasteiger partial charge in [-0.05, 0) is 31.1 Å². The van der Waals surface area contributed by atoms with Crippen molar-refractivity contribution in [2.75, 3.05) is 50.7 Å². The van der Waals surface area contributed by atoms with Gasteiger partial charge >= 0.3 is 5.91 Å². The van der Waals surface area contributed by atoms with Crippen LogP contribution in [0.5, 0.6) is 0 Å². The van der Waals surface area contributed by atoms with Gasteiger partial charge in [0.05, 0.1) is 44.3 Å². The molecule has 0 saturated carbocycles. The van der Waals surface area contributed by atoms with Gasteiger partial charge in [-0.15, -0.1) is 17.4 Å². The first kappa shape index (κ1) is 29.0. The lowest BCUT2D eigenvalue weighted by Crippen LogP contribution is -2.36. The number of morpholine rings is 1. The number of amides is 1. The van der Waals surface area contributed by atoms with E-state index in [9.17, 15) is 9.59 Å². The Bertz CT molecular complexity index is 958. The van der Waals surface area contributed by atoms with Gasteiger partial charge in [-0.3, -0.25) is 15.0 Å². The zero-order valence-electron chi connectivity index (χ0n) is 20.2. The number of aliphatic hydroxyl groups is 1. The number of pyridine rings is 1. The molecule has 0 radical (unpaired) electrons. The van der Waals surface area contributed by atoms with Crippen LogP contribution >= 0.6 is 0 Å². The number of aliphatic hydroxyl groups excluding tert-OH is 1. The van der Waals surface area contributed by atoms with Crippen molar-refractivity contribution in [2.45, 2.75) is 19.8 Å². The highest BCUT2D eigenvalue weighted by Gasteiger charge is 2.14. The molecular weight excluding hydrogens is 452 g/mol. The maximum atomic E-state index is 12.4. The molecule has 0 aromatic carbocycles. The molecule has 1 fully saturated rings. The molecule has 1 aliphatic rings. The van der Waals surface area contributed by atoms with Crippen LogP contribution in [0, 0.1) is 12.3 Å². The first-order valence-corrected chi connectivity index (χ1v) is 10.8. The van der Waals surface area contributed by atoms with E-state index < -0.39 is 5.91 Å². The number of anilines is 2. The number of ether oxygens (including phenoxy) is 2. The second-order valence-corrected chi connectivity index (χ2v) is 6.73. The van der Waals surface area contributed by atoms with Crippen molar-refractivity contribution in [2.24, 2.45) is 10.1 Å². The number of hydrogen-bond acceptors (Lipinski definition) is 9. The number of carbonyl (C=O) groups excluding carboxylic acids is 2. The monoisotopic (exact) mass is 484 g/mol. The zero-order valence-corrected chi connectivity index (χ0v) is 20.2. The molecule has 1 aromatic heterocycles. The quantitative estimate of drug-likeness (QED) is 0.120. The molecule has 11 heteroatoms. The third-order valence-electron chi connectivity index (χ3n) is 4.56. The molecule has 3 N–H and O–H groups in total. The highest BCUT2D eigenvalue weighted by Crippen LogP contribution is 2.15. The average Bonchev–Trinajstić information content (AvgIpc) is 2.91. The van der Waals surface area contributed by atoms with Gasteiger partial charge in [0.2, 0.25) is 0 Å². The van der Waals surface area contributed by atoms with E-state index in [4.69, 9.17) is 21.0 Å². The Morgan fingerprint density at radius 1 is 1.37 bits per heavy atom. The molecule has 11 nitrogen and oxygen atoms in total. The van der Waals surface area contributed by atoms with Crippen molar-refractivity contribution >= 4 is 35.9 Å². The summed E-state index contributed by atoms with van der Waals surface area (Å²) in [4.78, 5) is 34.0. The third-order valence-corrected chi connectivity index (χ3v) is 4.56. The maximum absolute atomic E-state index is 12.4. The summed E-state index contributed by atoms with van der Waals surface area (Å²) in [7, 11) is 2.33. The van der Waals surface area contributed by atoms with Crippen LogP contribution in [0.4, 0.5) is 11.5 Å². The summed E-state index contributed by atoms with van der Waals surface area (Å²) < 4.78 is 10.4. The zero-order chi connectivity index (χ0) is 25.9. The molecule has 0 unspecified atom stereocenters. The van der Waals surface area contributed by atoms with E-state index in [-0.39, 0.29) is 12.3 Å². The van der Waals surface area contributed by atoms with E-state index in [0.717, 1.165) is 32.3 Å². The van der Waals surface area contributed by atoms with Crippen LogP contribution in [-0.2, 0) is 19.1 Å². The summed E-state index contributed by atoms with van der Waals surface area (Å²) >= 11 is 0. The van der Waals surface area contributed by atoms with E-state index >= 15 is 0 Å². The highest BCUT2D eigenvalue weighted by molar-refractivity contribution is 6.39. The average molecular weight is 485 g/mol. The second-order valence-electron chi connectivity index (χ2n) is 6.73. The molecule has 0 atom stereocenters. The molecule has 2 heterocycles. The van der Waals surface area contributed by atoms with Gasteiger partial charge in [-0.2, -0.15) is 0 Å². The fraction of sp³-hybridized carbons (Fsp3) is 0.375. The maximum Gasteiger partial charge on any atom is 0.312 e. The first-order valence-electron chi connectivity index (χ1n) is 10.8. The topological polar surface area (TPSA) is 138 Å². The highest BCUT2D eigenvalue weighted by atomic mass is 16.5. The Balaban J connectivity index is 0.00000298. The number of rotatable bonds is 9. The summed E-state index contributed by atoms with van der Waals surface area (Å²) in [6, 6.07) is 3.59. The molecule has 188 valence electrons. The summed E-state index contributed by atoms with van der Waals surface area (Å²) in [5, 5.41) is 13.6. The smallest absolute Gasteiger partial charge is 0.312 e. The number of aliphatic imine (C=N–C) groups is 1. The van der Waals surface area contributed by atoms with E-state index in [1.807, 2.05) is 6.07 Å². The van der Waals surface area contributed by atoms with Gasteiger partial charge in [-0.1, -0.05) is 12.2 Å². The minimum absolute atomic E-state index is 0.196. The van der Waals surface area contributed by atoms with Crippen LogP contribution in [0.1, 0.15) is 19.8 Å². The minimum Gasteiger partial charge on any atom is -0.476 e. The fourth-order valence-electron chi connectivity index (χ4n) is 2.76. The van der Waals surface area contributed by atoms with Crippen molar-refractivity contribution < 1.29 is 24.2 Å². The number of carbonyl (C=O) groups is 2. The number of hydrogen-bond donors (Lipinski definition) is 3. The summed E-state index contributed by atoms with van der Waals surface area (Å²) in [6.07, 6.45) is 13.2. The first-order chi connectivity index (χ1) is 17.1. The molecular formula is C24H32N6O5. The Hall–Kier alpha value is -4.01. The predicted molar refractivity (Wildman–Crippen MR) is 136 cm³/mol. The number of aromatic nitrogens is 1. The van der Waals surface area contributed by atoms with Crippen molar-refractivity contribution in [1.82, 2.24) is 10.4 Å². The molecule has 35 heavy (non-hydrogen) atoms. The van der Waals surface area contributed by atoms with Gasteiger partial charge < -0.3 is 24.8 Å². The van der Waals surface area contributed by atoms with E-state index in [1.165, 1.54) is 13.4 Å². The van der Waals surface area contributed by atoms with Crippen molar-refractivity contribution in [1.29, 1.82) is 0 Å². The number of terminal acetylenes is 1. The molecule has 1 aromatic rings. The van der Waals surface area contributed by atoms with Crippen LogP contribution < -0.4 is 15.6 Å². The normalized spacial score (nSPS) is 14.5. The van der Waals surface area contributed by atoms with Crippen molar-refractivity contribution in [3.8, 4) is 12.3 Å². The van der Waals surface area contributed by atoms with Gasteiger partial charge in [0.25, 0.3) is 5.90 Å². The summed E-state index contributed by atoms with van der Waals surface area (Å²) in [6.45, 7) is 4.67. The van der Waals surface area contributed by atoms with Crippen molar-refractivity contribution in [3.63, 3.8) is 0 Å². The Labute approximate surface area is 205 Å². The Morgan fingerprint density at radius 3 is 2.69 bits per heavy atom. The van der Waals surface area contributed by atoms with Gasteiger partial charge in [-0.25, -0.2) is 9.98 Å². The van der Waals surface area contributed by atoms with Crippen molar-refractivity contribution in [3.05, 3.63) is 41.8 Å². The van der Waals surface area contributed by atoms with Crippen LogP contribution in [0.3, 0.4) is 0 Å². The molecule has 2 rings (SSSR count). The number of nitrogens with one attached hydrogen (secondary N) is 2. The van der Waals surface area contributed by atoms with E-state index in [2.05, 4.69) is 36.6 Å². The van der Waals surface area contributed by atoms with Crippen LogP contribution in [0.25, 0.3) is 0 Å². The SMILES string of the molecule is C#CC/C(=C\C/C(C=O)=C\C)N=CN/N=C(\OC)C(=O)Nc1ccc(N2CCOCC2)nc1.CO. The van der Waals surface area contributed by atoms with Crippen LogP contribution in [-0.4, -0.2) is 75.0 Å². The summed E-state index contributed by atoms with van der Waals surface area (Å²) in [5.74, 6) is 2.57. The third kappa shape index (κ3) is 10.6. The van der Waals surface area contributed by atoms with Crippen LogP contribution in [0.15, 0.2) is 51.8 Å². The lowest BCUT2D eigenvalue weighted by atomic mass is 10.1. The standard InChI is InChI=1S/C23H28N6O4.CH4O/c1-4-6-19(8-7-18(5-2)16-30)25-17-26-28-23(32-3)22(31)27-20-9-10-21(24-15-20)29-11-13-33-14-12-29;1-2/h1,5,8-10,15-17H,6-7,11-14H2,2-3H3,(H,25,26)(H,27,31);2H,1H3/b18-5+,19-8+,28-23-;. The summed E-state index contributed by atoms with van der Waals surface area (Å²) in [5.41, 5.74) is 4.25. The number of methoxy groups -OCH3 is 1. The molecule has 1 amide bonds. The predicted octanol–water partition coefficient (Wildman–Crippen LogP) is 1.49. The number of allylic oxidation sites excluding steroid dienone is 4. The number of nitrogens with zero attached hydrogens (tertiary/aromatic N) is 4. The molecule has 0 aliphatic carbocycles. The number of aldehydes is 1. The van der Waals surface area contributed by atoms with Crippen LogP contribution in [0.2, 0.25) is 0 Å². The lowest BCUT2D eigenvalue weighted by Gasteiger charge is -2.27. The largest absolute Gasteiger partial charge is 0.476 e. The van der Waals surface area contributed by atoms with Gasteiger partial charge in [0.15, 0.2) is 0 Å². The second kappa shape index (κ2) is 17.5. The number of hydrazone groups is 1.